The topological polar surface area (TPSA) is 69.0 Å². The molecule has 1 aliphatic heterocycles. The SMILES string of the molecule is Cn1cnc2cc(C(=O)N[C@H]3CC4(CCC4)Oc4ccccc43)cnc21. The molecule has 132 valence electrons. The molecule has 5 rings (SSSR count). The quantitative estimate of drug-likeness (QED) is 0.772. The van der Waals surface area contributed by atoms with Gasteiger partial charge < -0.3 is 14.6 Å². The Kier molecular flexibility index (Phi) is 3.29. The van der Waals surface area contributed by atoms with E-state index in [1.807, 2.05) is 35.9 Å². The number of carbonyl (C=O) groups excluding carboxylic acids is 1. The molecule has 3 heterocycles. The van der Waals surface area contributed by atoms with Crippen molar-refractivity contribution in [2.75, 3.05) is 0 Å². The van der Waals surface area contributed by atoms with Crippen LogP contribution in [-0.4, -0.2) is 26.0 Å². The molecule has 2 aromatic heterocycles. The van der Waals surface area contributed by atoms with Gasteiger partial charge in [0.25, 0.3) is 5.91 Å². The van der Waals surface area contributed by atoms with E-state index in [0.717, 1.165) is 41.7 Å². The Balaban J connectivity index is 1.44. The first-order chi connectivity index (χ1) is 12.6. The van der Waals surface area contributed by atoms with Crippen LogP contribution in [0.4, 0.5) is 0 Å². The minimum Gasteiger partial charge on any atom is -0.487 e. The lowest BCUT2D eigenvalue weighted by molar-refractivity contribution is -0.0360. The van der Waals surface area contributed by atoms with Gasteiger partial charge in [-0.2, -0.15) is 0 Å². The standard InChI is InChI=1S/C20H20N4O2/c1-24-12-22-15-9-13(11-21-18(15)24)19(25)23-16-10-20(7-4-8-20)26-17-6-3-2-5-14(16)17/h2-3,5-6,9,11-12,16H,4,7-8,10H2,1H3,(H,23,25)/t16-/m0/s1. The number of ether oxygens (including phenoxy) is 1. The number of hydrogen-bond donors (Lipinski definition) is 1. The van der Waals surface area contributed by atoms with E-state index in [1.165, 1.54) is 6.42 Å². The van der Waals surface area contributed by atoms with E-state index in [1.54, 1.807) is 18.6 Å². The molecule has 6 nitrogen and oxygen atoms in total. The summed E-state index contributed by atoms with van der Waals surface area (Å²) in [4.78, 5) is 21.5. The van der Waals surface area contributed by atoms with Crippen molar-refractivity contribution in [2.45, 2.75) is 37.3 Å². The fraction of sp³-hybridized carbons (Fsp3) is 0.350. The number of fused-ring (bicyclic) bond motifs is 2. The highest BCUT2D eigenvalue weighted by Crippen LogP contribution is 2.48. The molecule has 6 heteroatoms. The predicted molar refractivity (Wildman–Crippen MR) is 97.0 cm³/mol. The molecule has 2 aliphatic rings. The molecule has 3 aromatic rings. The summed E-state index contributed by atoms with van der Waals surface area (Å²) in [7, 11) is 1.89. The summed E-state index contributed by atoms with van der Waals surface area (Å²) in [5.74, 6) is 0.767. The number of pyridine rings is 1. The first kappa shape index (κ1) is 15.4. The van der Waals surface area contributed by atoms with E-state index in [0.29, 0.717) is 5.56 Å². The Labute approximate surface area is 151 Å². The molecule has 1 fully saturated rings. The number of nitrogens with zero attached hydrogens (tertiary/aromatic N) is 3. The maximum Gasteiger partial charge on any atom is 0.253 e. The van der Waals surface area contributed by atoms with Crippen LogP contribution in [0, 0.1) is 0 Å². The van der Waals surface area contributed by atoms with Crippen LogP contribution < -0.4 is 10.1 Å². The zero-order valence-electron chi connectivity index (χ0n) is 14.6. The van der Waals surface area contributed by atoms with Crippen LogP contribution in [0.5, 0.6) is 5.75 Å². The molecule has 0 bridgehead atoms. The van der Waals surface area contributed by atoms with Gasteiger partial charge in [-0.1, -0.05) is 18.2 Å². The molecular formula is C20H20N4O2. The molecule has 1 amide bonds. The second-order valence-corrected chi connectivity index (χ2v) is 7.33. The van der Waals surface area contributed by atoms with Crippen molar-refractivity contribution >= 4 is 17.1 Å². The van der Waals surface area contributed by atoms with E-state index < -0.39 is 0 Å². The van der Waals surface area contributed by atoms with Crippen molar-refractivity contribution in [3.63, 3.8) is 0 Å². The monoisotopic (exact) mass is 348 g/mol. The highest BCUT2D eigenvalue weighted by Gasteiger charge is 2.45. The van der Waals surface area contributed by atoms with Crippen molar-refractivity contribution in [2.24, 2.45) is 7.05 Å². The summed E-state index contributed by atoms with van der Waals surface area (Å²) in [5, 5.41) is 3.19. The van der Waals surface area contributed by atoms with Crippen molar-refractivity contribution in [1.82, 2.24) is 19.9 Å². The summed E-state index contributed by atoms with van der Waals surface area (Å²) in [6.45, 7) is 0. The number of rotatable bonds is 2. The minimum atomic E-state index is -0.124. The first-order valence-electron chi connectivity index (χ1n) is 8.99. The van der Waals surface area contributed by atoms with Crippen molar-refractivity contribution in [3.8, 4) is 5.75 Å². The van der Waals surface area contributed by atoms with Gasteiger partial charge in [-0.25, -0.2) is 9.97 Å². The lowest BCUT2D eigenvalue weighted by Crippen LogP contribution is -2.49. The second-order valence-electron chi connectivity index (χ2n) is 7.33. The number of aryl methyl sites for hydroxylation is 1. The summed E-state index contributed by atoms with van der Waals surface area (Å²) >= 11 is 0. The number of nitrogens with one attached hydrogen (secondary N) is 1. The molecule has 0 unspecified atom stereocenters. The molecule has 1 aromatic carbocycles. The van der Waals surface area contributed by atoms with Crippen molar-refractivity contribution in [3.05, 3.63) is 54.0 Å². The zero-order valence-corrected chi connectivity index (χ0v) is 14.6. The molecule has 0 saturated heterocycles. The molecule has 1 N–H and O–H groups in total. The third kappa shape index (κ3) is 2.36. The summed E-state index contributed by atoms with van der Waals surface area (Å²) < 4.78 is 8.10. The largest absolute Gasteiger partial charge is 0.487 e. The lowest BCUT2D eigenvalue weighted by atomic mass is 9.73. The molecular weight excluding hydrogens is 328 g/mol. The number of amides is 1. The number of para-hydroxylation sites is 1. The fourth-order valence-electron chi connectivity index (χ4n) is 4.01. The maximum absolute atomic E-state index is 12.9. The first-order valence-corrected chi connectivity index (χ1v) is 8.99. The van der Waals surface area contributed by atoms with Crippen LogP contribution in [-0.2, 0) is 7.05 Å². The highest BCUT2D eigenvalue weighted by atomic mass is 16.5. The molecule has 26 heavy (non-hydrogen) atoms. The van der Waals surface area contributed by atoms with Gasteiger partial charge in [0.1, 0.15) is 16.9 Å². The Hall–Kier alpha value is -2.89. The number of carbonyl (C=O) groups is 1. The Morgan fingerprint density at radius 2 is 2.15 bits per heavy atom. The van der Waals surface area contributed by atoms with Gasteiger partial charge in [0.15, 0.2) is 5.65 Å². The van der Waals surface area contributed by atoms with Gasteiger partial charge in [0, 0.05) is 25.2 Å². The summed E-state index contributed by atoms with van der Waals surface area (Å²) in [6.07, 6.45) is 7.42. The van der Waals surface area contributed by atoms with Crippen LogP contribution >= 0.6 is 0 Å². The highest BCUT2D eigenvalue weighted by molar-refractivity contribution is 5.96. The Morgan fingerprint density at radius 3 is 2.96 bits per heavy atom. The Morgan fingerprint density at radius 1 is 1.31 bits per heavy atom. The average Bonchev–Trinajstić information content (AvgIpc) is 3.00. The number of aromatic nitrogens is 3. The zero-order chi connectivity index (χ0) is 17.7. The van der Waals surface area contributed by atoms with Crippen molar-refractivity contribution in [1.29, 1.82) is 0 Å². The third-order valence-corrected chi connectivity index (χ3v) is 5.58. The van der Waals surface area contributed by atoms with Gasteiger partial charge in [-0.05, 0) is 31.4 Å². The van der Waals surface area contributed by atoms with Crippen LogP contribution in [0.25, 0.3) is 11.2 Å². The fourth-order valence-corrected chi connectivity index (χ4v) is 4.01. The Bertz CT molecular complexity index is 1010. The molecule has 1 aliphatic carbocycles. The van der Waals surface area contributed by atoms with Crippen LogP contribution in [0.3, 0.4) is 0 Å². The maximum atomic E-state index is 12.9. The van der Waals surface area contributed by atoms with E-state index >= 15 is 0 Å². The van der Waals surface area contributed by atoms with E-state index in [9.17, 15) is 4.79 Å². The minimum absolute atomic E-state index is 0.0489. The van der Waals surface area contributed by atoms with Gasteiger partial charge in [-0.15, -0.1) is 0 Å². The number of hydrogen-bond acceptors (Lipinski definition) is 4. The molecule has 1 saturated carbocycles. The number of benzene rings is 1. The van der Waals surface area contributed by atoms with Crippen LogP contribution in [0.2, 0.25) is 0 Å². The normalized spacial score (nSPS) is 20.3. The summed E-state index contributed by atoms with van der Waals surface area (Å²) in [6, 6.07) is 9.74. The average molecular weight is 348 g/mol. The van der Waals surface area contributed by atoms with E-state index in [4.69, 9.17) is 4.74 Å². The van der Waals surface area contributed by atoms with E-state index in [2.05, 4.69) is 15.3 Å². The van der Waals surface area contributed by atoms with Crippen molar-refractivity contribution < 1.29 is 9.53 Å². The lowest BCUT2D eigenvalue weighted by Gasteiger charge is -2.48. The van der Waals surface area contributed by atoms with Gasteiger partial charge in [0.2, 0.25) is 0 Å². The van der Waals surface area contributed by atoms with Gasteiger partial charge in [-0.3, -0.25) is 4.79 Å². The third-order valence-electron chi connectivity index (χ3n) is 5.58. The molecule has 0 radical (unpaired) electrons. The predicted octanol–water partition coefficient (Wildman–Crippen LogP) is 3.14. The van der Waals surface area contributed by atoms with Crippen LogP contribution in [0.15, 0.2) is 42.9 Å². The second kappa shape index (κ2) is 5.56. The molecule has 1 spiro atoms. The van der Waals surface area contributed by atoms with Crippen LogP contribution in [0.1, 0.15) is 47.6 Å². The molecule has 1 atom stereocenters. The smallest absolute Gasteiger partial charge is 0.253 e. The van der Waals surface area contributed by atoms with Gasteiger partial charge in [0.05, 0.1) is 17.9 Å². The number of imidazole rings is 1. The summed E-state index contributed by atoms with van der Waals surface area (Å²) in [5.41, 5.74) is 2.96. The van der Waals surface area contributed by atoms with Gasteiger partial charge >= 0.3 is 0 Å². The van der Waals surface area contributed by atoms with E-state index in [-0.39, 0.29) is 17.6 Å².